The lowest BCUT2D eigenvalue weighted by molar-refractivity contribution is -0.124. The van der Waals surface area contributed by atoms with Gasteiger partial charge in [0.1, 0.15) is 0 Å². The summed E-state index contributed by atoms with van der Waals surface area (Å²) >= 11 is 0. The van der Waals surface area contributed by atoms with Crippen molar-refractivity contribution in [1.82, 2.24) is 25.3 Å². The number of anilines is 1. The molecule has 8 heteroatoms. The molecule has 0 spiro atoms. The second kappa shape index (κ2) is 8.29. The van der Waals surface area contributed by atoms with Crippen molar-refractivity contribution >= 4 is 17.6 Å². The maximum atomic E-state index is 11.9. The van der Waals surface area contributed by atoms with E-state index in [2.05, 4.69) is 25.9 Å². The van der Waals surface area contributed by atoms with Crippen LogP contribution in [-0.4, -0.2) is 59.3 Å². The normalized spacial score (nSPS) is 14.8. The molecule has 0 aliphatic carbocycles. The molecule has 3 rings (SSSR count). The minimum Gasteiger partial charge on any atom is -0.354 e. The Morgan fingerprint density at radius 1 is 1.28 bits per heavy atom. The molecule has 0 unspecified atom stereocenters. The van der Waals surface area contributed by atoms with Gasteiger partial charge >= 0.3 is 6.03 Å². The number of rotatable bonds is 6. The third-order valence-corrected chi connectivity index (χ3v) is 3.95. The number of carbonyl (C=O) groups is 2. The molecule has 0 saturated carbocycles. The molecule has 1 saturated heterocycles. The minimum atomic E-state index is -0.233. The zero-order valence-corrected chi connectivity index (χ0v) is 13.9. The van der Waals surface area contributed by atoms with Crippen LogP contribution in [-0.2, 0) is 4.79 Å². The second-order valence-corrected chi connectivity index (χ2v) is 5.86. The number of nitrogens with one attached hydrogen (secondary N) is 3. The van der Waals surface area contributed by atoms with Crippen molar-refractivity contribution < 1.29 is 9.59 Å². The van der Waals surface area contributed by atoms with Gasteiger partial charge in [0.25, 0.3) is 0 Å². The van der Waals surface area contributed by atoms with E-state index in [1.807, 2.05) is 36.5 Å². The minimum absolute atomic E-state index is 0.0653. The average molecular weight is 342 g/mol. The predicted octanol–water partition coefficient (Wildman–Crippen LogP) is 0.816. The molecule has 3 amide bonds. The smallest absolute Gasteiger partial charge is 0.319 e. The first-order valence-corrected chi connectivity index (χ1v) is 8.35. The van der Waals surface area contributed by atoms with Crippen LogP contribution in [0.2, 0.25) is 0 Å². The summed E-state index contributed by atoms with van der Waals surface area (Å²) in [4.78, 5) is 25.3. The van der Waals surface area contributed by atoms with Crippen molar-refractivity contribution in [3.63, 3.8) is 0 Å². The Morgan fingerprint density at radius 2 is 2.12 bits per heavy atom. The van der Waals surface area contributed by atoms with E-state index in [9.17, 15) is 9.59 Å². The number of benzene rings is 1. The van der Waals surface area contributed by atoms with E-state index in [0.717, 1.165) is 30.9 Å². The van der Waals surface area contributed by atoms with Crippen LogP contribution in [0, 0.1) is 0 Å². The lowest BCUT2D eigenvalue weighted by atomic mass is 10.3. The molecule has 8 nitrogen and oxygen atoms in total. The summed E-state index contributed by atoms with van der Waals surface area (Å²) in [6.07, 6.45) is 4.38. The molecule has 0 bridgehead atoms. The van der Waals surface area contributed by atoms with Gasteiger partial charge in [-0.1, -0.05) is 0 Å². The number of nitrogens with zero attached hydrogens (tertiary/aromatic N) is 3. The van der Waals surface area contributed by atoms with Gasteiger partial charge in [-0.2, -0.15) is 5.10 Å². The molecule has 2 aromatic rings. The van der Waals surface area contributed by atoms with Gasteiger partial charge in [-0.25, -0.2) is 9.48 Å². The van der Waals surface area contributed by atoms with E-state index >= 15 is 0 Å². The molecule has 2 heterocycles. The molecule has 0 radical (unpaired) electrons. The van der Waals surface area contributed by atoms with E-state index in [1.54, 1.807) is 10.9 Å². The number of amides is 3. The number of piperazine rings is 1. The number of carbonyl (C=O) groups excluding carboxylic acids is 2. The fourth-order valence-corrected chi connectivity index (χ4v) is 2.68. The van der Waals surface area contributed by atoms with Gasteiger partial charge in [0.05, 0.1) is 12.2 Å². The Kier molecular flexibility index (Phi) is 5.63. The lowest BCUT2D eigenvalue weighted by Gasteiger charge is -2.26. The zero-order chi connectivity index (χ0) is 17.5. The van der Waals surface area contributed by atoms with Gasteiger partial charge in [0.15, 0.2) is 0 Å². The summed E-state index contributed by atoms with van der Waals surface area (Å²) in [5, 5.41) is 12.6. The maximum Gasteiger partial charge on any atom is 0.319 e. The number of hydrogen-bond donors (Lipinski definition) is 3. The molecule has 1 aromatic carbocycles. The van der Waals surface area contributed by atoms with Crippen molar-refractivity contribution in [2.45, 2.75) is 6.42 Å². The fraction of sp³-hybridized carbons (Fsp3) is 0.353. The summed E-state index contributed by atoms with van der Waals surface area (Å²) in [6, 6.07) is 9.08. The number of hydrogen-bond acceptors (Lipinski definition) is 4. The number of aromatic nitrogens is 2. The van der Waals surface area contributed by atoms with Gasteiger partial charge in [-0.3, -0.25) is 9.69 Å². The molecule has 1 fully saturated rings. The highest BCUT2D eigenvalue weighted by Crippen LogP contribution is 2.12. The molecule has 25 heavy (non-hydrogen) atoms. The Bertz CT molecular complexity index is 698. The molecule has 1 aliphatic rings. The molecule has 132 valence electrons. The monoisotopic (exact) mass is 342 g/mol. The quantitative estimate of drug-likeness (QED) is 0.678. The topological polar surface area (TPSA) is 91.3 Å². The van der Waals surface area contributed by atoms with Crippen LogP contribution in [0.4, 0.5) is 10.5 Å². The van der Waals surface area contributed by atoms with Gasteiger partial charge in [-0.15, -0.1) is 0 Å². The Hall–Kier alpha value is -2.87. The van der Waals surface area contributed by atoms with E-state index < -0.39 is 0 Å². The molecule has 1 aliphatic heterocycles. The van der Waals surface area contributed by atoms with Crippen molar-refractivity contribution in [3.05, 3.63) is 42.7 Å². The van der Waals surface area contributed by atoms with Gasteiger partial charge < -0.3 is 16.0 Å². The first kappa shape index (κ1) is 17.0. The van der Waals surface area contributed by atoms with E-state index in [0.29, 0.717) is 19.6 Å². The molecule has 1 aromatic heterocycles. The van der Waals surface area contributed by atoms with Crippen LogP contribution in [0.15, 0.2) is 42.7 Å². The third kappa shape index (κ3) is 5.05. The Labute approximate surface area is 146 Å². The predicted molar refractivity (Wildman–Crippen MR) is 94.7 cm³/mol. The fourth-order valence-electron chi connectivity index (χ4n) is 2.68. The van der Waals surface area contributed by atoms with Crippen LogP contribution >= 0.6 is 0 Å². The SMILES string of the molecule is O=C1CN(CCCNC(=O)Nc2ccc(-n3cccn3)cc2)CCN1. The largest absolute Gasteiger partial charge is 0.354 e. The van der Waals surface area contributed by atoms with Crippen LogP contribution in [0.3, 0.4) is 0 Å². The Balaban J connectivity index is 1.37. The molecule has 0 atom stereocenters. The zero-order valence-electron chi connectivity index (χ0n) is 13.9. The Morgan fingerprint density at radius 3 is 2.84 bits per heavy atom. The molecular formula is C17H22N6O2. The average Bonchev–Trinajstić information content (AvgIpc) is 3.14. The van der Waals surface area contributed by atoms with Crippen molar-refractivity contribution in [1.29, 1.82) is 0 Å². The van der Waals surface area contributed by atoms with Crippen LogP contribution in [0.1, 0.15) is 6.42 Å². The van der Waals surface area contributed by atoms with Crippen LogP contribution in [0.5, 0.6) is 0 Å². The summed E-state index contributed by atoms with van der Waals surface area (Å²) in [5.74, 6) is 0.0653. The van der Waals surface area contributed by atoms with Gasteiger partial charge in [0.2, 0.25) is 5.91 Å². The third-order valence-electron chi connectivity index (χ3n) is 3.95. The van der Waals surface area contributed by atoms with Crippen LogP contribution in [0.25, 0.3) is 5.69 Å². The molecular weight excluding hydrogens is 320 g/mol. The van der Waals surface area contributed by atoms with E-state index in [1.165, 1.54) is 0 Å². The number of urea groups is 1. The summed E-state index contributed by atoms with van der Waals surface area (Å²) < 4.78 is 1.75. The molecule has 3 N–H and O–H groups in total. The highest BCUT2D eigenvalue weighted by atomic mass is 16.2. The van der Waals surface area contributed by atoms with E-state index in [-0.39, 0.29) is 11.9 Å². The maximum absolute atomic E-state index is 11.9. The van der Waals surface area contributed by atoms with Crippen LogP contribution < -0.4 is 16.0 Å². The van der Waals surface area contributed by atoms with Crippen molar-refractivity contribution in [2.24, 2.45) is 0 Å². The summed E-state index contributed by atoms with van der Waals surface area (Å²) in [7, 11) is 0. The highest BCUT2D eigenvalue weighted by Gasteiger charge is 2.15. The first-order chi connectivity index (χ1) is 12.2. The van der Waals surface area contributed by atoms with Crippen molar-refractivity contribution in [3.8, 4) is 5.69 Å². The standard InChI is InChI=1S/C17H22N6O2/c24-16-13-22(12-9-18-16)10-1-7-19-17(25)21-14-3-5-15(6-4-14)23-11-2-8-20-23/h2-6,8,11H,1,7,9-10,12-13H2,(H,18,24)(H2,19,21,25). The van der Waals surface area contributed by atoms with Gasteiger partial charge in [-0.05, 0) is 36.8 Å². The summed E-state index contributed by atoms with van der Waals surface area (Å²) in [6.45, 7) is 3.36. The van der Waals surface area contributed by atoms with E-state index in [4.69, 9.17) is 0 Å². The lowest BCUT2D eigenvalue weighted by Crippen LogP contribution is -2.48. The van der Waals surface area contributed by atoms with Gasteiger partial charge in [0, 0.05) is 44.3 Å². The van der Waals surface area contributed by atoms with Crippen molar-refractivity contribution in [2.75, 3.05) is 38.0 Å². The summed E-state index contributed by atoms with van der Waals surface area (Å²) in [5.41, 5.74) is 1.66. The second-order valence-electron chi connectivity index (χ2n) is 5.86. The highest BCUT2D eigenvalue weighted by molar-refractivity contribution is 5.89. The first-order valence-electron chi connectivity index (χ1n) is 8.35.